The third-order valence-electron chi connectivity index (χ3n) is 3.85. The van der Waals surface area contributed by atoms with E-state index in [2.05, 4.69) is 0 Å². The minimum Gasteiger partial charge on any atom is -0.497 e. The summed E-state index contributed by atoms with van der Waals surface area (Å²) in [5, 5.41) is 0.747. The molecular weight excluding hydrogens is 272 g/mol. The van der Waals surface area contributed by atoms with Gasteiger partial charge in [-0.2, -0.15) is 0 Å². The lowest BCUT2D eigenvalue weighted by atomic mass is 9.86. The summed E-state index contributed by atoms with van der Waals surface area (Å²) in [7, 11) is 1.55. The quantitative estimate of drug-likeness (QED) is 0.639. The van der Waals surface area contributed by atoms with E-state index in [1.54, 1.807) is 25.3 Å². The van der Waals surface area contributed by atoms with Crippen molar-refractivity contribution < 1.29 is 18.7 Å². The lowest BCUT2D eigenvalue weighted by Gasteiger charge is -2.23. The van der Waals surface area contributed by atoms with Gasteiger partial charge in [0.1, 0.15) is 17.9 Å². The highest BCUT2D eigenvalue weighted by atomic mass is 16.5. The third kappa shape index (κ3) is 2.77. The van der Waals surface area contributed by atoms with Gasteiger partial charge in [0.25, 0.3) is 0 Å². The summed E-state index contributed by atoms with van der Waals surface area (Å²) < 4.78 is 15.6. The number of fused-ring (bicyclic) bond motifs is 1. The number of esters is 1. The Kier molecular flexibility index (Phi) is 3.64. The topological polar surface area (TPSA) is 65.7 Å². The lowest BCUT2D eigenvalue weighted by molar-refractivity contribution is -0.152. The van der Waals surface area contributed by atoms with E-state index in [-0.39, 0.29) is 18.5 Å². The Bertz CT molecular complexity index is 727. The van der Waals surface area contributed by atoms with Crippen LogP contribution in [0.3, 0.4) is 0 Å². The molecule has 0 atom stereocenters. The second-order valence-electron chi connectivity index (χ2n) is 5.19. The van der Waals surface area contributed by atoms with Gasteiger partial charge in [-0.15, -0.1) is 0 Å². The second kappa shape index (κ2) is 5.60. The summed E-state index contributed by atoms with van der Waals surface area (Å²) in [6.07, 6.45) is 2.87. The summed E-state index contributed by atoms with van der Waals surface area (Å²) >= 11 is 0. The Balaban J connectivity index is 1.86. The first-order valence-electron chi connectivity index (χ1n) is 6.95. The standard InChI is InChI=1S/C16H16O5/c1-19-12-5-6-13-11(7-15(17)21-14(13)8-12)9-20-16(18)10-3-2-4-10/h5-8,10H,2-4,9H2,1H3. The molecule has 0 amide bonds. The molecule has 1 aromatic heterocycles. The Morgan fingerprint density at radius 2 is 2.14 bits per heavy atom. The molecule has 1 saturated carbocycles. The van der Waals surface area contributed by atoms with Crippen LogP contribution in [0.2, 0.25) is 0 Å². The summed E-state index contributed by atoms with van der Waals surface area (Å²) in [6, 6.07) is 6.58. The van der Waals surface area contributed by atoms with E-state index >= 15 is 0 Å². The summed E-state index contributed by atoms with van der Waals surface area (Å²) in [5.41, 5.74) is 0.610. The number of carbonyl (C=O) groups excluding carboxylic acids is 1. The maximum absolute atomic E-state index is 11.8. The number of hydrogen-bond acceptors (Lipinski definition) is 5. The predicted molar refractivity (Wildman–Crippen MR) is 76.2 cm³/mol. The van der Waals surface area contributed by atoms with Crippen LogP contribution in [-0.2, 0) is 16.1 Å². The molecule has 1 heterocycles. The van der Waals surface area contributed by atoms with Crippen molar-refractivity contribution in [1.82, 2.24) is 0 Å². The molecule has 21 heavy (non-hydrogen) atoms. The van der Waals surface area contributed by atoms with Crippen molar-refractivity contribution in [3.8, 4) is 5.75 Å². The molecule has 3 rings (SSSR count). The summed E-state index contributed by atoms with van der Waals surface area (Å²) in [4.78, 5) is 23.4. The molecule has 1 aliphatic carbocycles. The minimum atomic E-state index is -0.467. The number of hydrogen-bond donors (Lipinski definition) is 0. The molecule has 0 aliphatic heterocycles. The predicted octanol–water partition coefficient (Wildman–Crippen LogP) is 2.64. The van der Waals surface area contributed by atoms with E-state index in [0.717, 1.165) is 24.6 Å². The molecule has 1 fully saturated rings. The first-order chi connectivity index (χ1) is 10.2. The van der Waals surface area contributed by atoms with Crippen LogP contribution in [0.25, 0.3) is 11.0 Å². The third-order valence-corrected chi connectivity index (χ3v) is 3.85. The normalized spacial score (nSPS) is 14.7. The average molecular weight is 288 g/mol. The van der Waals surface area contributed by atoms with Gasteiger partial charge >= 0.3 is 11.6 Å². The smallest absolute Gasteiger partial charge is 0.336 e. The van der Waals surface area contributed by atoms with E-state index in [4.69, 9.17) is 13.9 Å². The van der Waals surface area contributed by atoms with Gasteiger partial charge in [0.15, 0.2) is 0 Å². The Morgan fingerprint density at radius 1 is 1.33 bits per heavy atom. The maximum Gasteiger partial charge on any atom is 0.336 e. The highest BCUT2D eigenvalue weighted by Gasteiger charge is 2.26. The van der Waals surface area contributed by atoms with Gasteiger partial charge in [0, 0.05) is 23.1 Å². The Morgan fingerprint density at radius 3 is 2.81 bits per heavy atom. The Hall–Kier alpha value is -2.30. The molecular formula is C16H16O5. The van der Waals surface area contributed by atoms with Gasteiger partial charge < -0.3 is 13.9 Å². The van der Waals surface area contributed by atoms with E-state index in [1.807, 2.05) is 0 Å². The average Bonchev–Trinajstić information content (AvgIpc) is 2.41. The monoisotopic (exact) mass is 288 g/mol. The summed E-state index contributed by atoms with van der Waals surface area (Å²) in [6.45, 7) is 0.0871. The molecule has 110 valence electrons. The molecule has 0 spiro atoms. The molecule has 5 nitrogen and oxygen atoms in total. The van der Waals surface area contributed by atoms with Gasteiger partial charge in [-0.1, -0.05) is 6.42 Å². The van der Waals surface area contributed by atoms with Crippen molar-refractivity contribution in [1.29, 1.82) is 0 Å². The zero-order valence-electron chi connectivity index (χ0n) is 11.8. The maximum atomic E-state index is 11.8. The molecule has 5 heteroatoms. The van der Waals surface area contributed by atoms with Crippen LogP contribution in [-0.4, -0.2) is 13.1 Å². The number of methoxy groups -OCH3 is 1. The van der Waals surface area contributed by atoms with Crippen LogP contribution in [0.15, 0.2) is 33.5 Å². The van der Waals surface area contributed by atoms with Gasteiger partial charge in [0.2, 0.25) is 0 Å². The zero-order valence-corrected chi connectivity index (χ0v) is 11.8. The van der Waals surface area contributed by atoms with Gasteiger partial charge in [-0.25, -0.2) is 4.79 Å². The van der Waals surface area contributed by atoms with E-state index in [9.17, 15) is 9.59 Å². The zero-order chi connectivity index (χ0) is 14.8. The van der Waals surface area contributed by atoms with Gasteiger partial charge in [-0.3, -0.25) is 4.79 Å². The van der Waals surface area contributed by atoms with Crippen molar-refractivity contribution in [2.45, 2.75) is 25.9 Å². The number of rotatable bonds is 4. The number of ether oxygens (including phenoxy) is 2. The number of benzene rings is 1. The van der Waals surface area contributed by atoms with Crippen molar-refractivity contribution in [3.05, 3.63) is 40.2 Å². The van der Waals surface area contributed by atoms with Crippen molar-refractivity contribution in [2.75, 3.05) is 7.11 Å². The van der Waals surface area contributed by atoms with Crippen LogP contribution >= 0.6 is 0 Å². The van der Waals surface area contributed by atoms with Gasteiger partial charge in [-0.05, 0) is 25.0 Å². The SMILES string of the molecule is COc1ccc2c(COC(=O)C3CCC3)cc(=O)oc2c1. The van der Waals surface area contributed by atoms with Crippen LogP contribution in [0, 0.1) is 5.92 Å². The highest BCUT2D eigenvalue weighted by Crippen LogP contribution is 2.28. The second-order valence-corrected chi connectivity index (χ2v) is 5.19. The fraction of sp³-hybridized carbons (Fsp3) is 0.375. The molecule has 1 aliphatic rings. The summed E-state index contributed by atoms with van der Waals surface area (Å²) in [5.74, 6) is 0.446. The first kappa shape index (κ1) is 13.7. The number of carbonyl (C=O) groups is 1. The Labute approximate surface area is 121 Å². The molecule has 0 bridgehead atoms. The van der Waals surface area contributed by atoms with Crippen molar-refractivity contribution in [2.24, 2.45) is 5.92 Å². The highest BCUT2D eigenvalue weighted by molar-refractivity contribution is 5.82. The van der Waals surface area contributed by atoms with Crippen LogP contribution < -0.4 is 10.4 Å². The molecule has 0 unspecified atom stereocenters. The lowest BCUT2D eigenvalue weighted by Crippen LogP contribution is -2.24. The fourth-order valence-corrected chi connectivity index (χ4v) is 2.37. The van der Waals surface area contributed by atoms with E-state index < -0.39 is 5.63 Å². The largest absolute Gasteiger partial charge is 0.497 e. The van der Waals surface area contributed by atoms with Crippen LogP contribution in [0.5, 0.6) is 5.75 Å². The minimum absolute atomic E-state index is 0.0245. The van der Waals surface area contributed by atoms with Crippen LogP contribution in [0.1, 0.15) is 24.8 Å². The van der Waals surface area contributed by atoms with Crippen molar-refractivity contribution in [3.63, 3.8) is 0 Å². The molecule has 0 saturated heterocycles. The molecule has 2 aromatic rings. The van der Waals surface area contributed by atoms with Gasteiger partial charge in [0.05, 0.1) is 13.0 Å². The fourth-order valence-electron chi connectivity index (χ4n) is 2.37. The van der Waals surface area contributed by atoms with Crippen LogP contribution in [0.4, 0.5) is 0 Å². The van der Waals surface area contributed by atoms with E-state index in [1.165, 1.54) is 6.07 Å². The van der Waals surface area contributed by atoms with Crippen molar-refractivity contribution >= 4 is 16.9 Å². The molecule has 1 aromatic carbocycles. The molecule has 0 N–H and O–H groups in total. The molecule has 0 radical (unpaired) electrons. The first-order valence-corrected chi connectivity index (χ1v) is 6.95. The van der Waals surface area contributed by atoms with E-state index in [0.29, 0.717) is 16.9 Å².